The Morgan fingerprint density at radius 1 is 0.667 bits per heavy atom. The molecule has 0 N–H and O–H groups in total. The van der Waals surface area contributed by atoms with Gasteiger partial charge in [-0.2, -0.15) is 0 Å². The van der Waals surface area contributed by atoms with E-state index in [2.05, 4.69) is 41.1 Å². The van der Waals surface area contributed by atoms with Crippen molar-refractivity contribution in [2.45, 2.75) is 27.7 Å². The van der Waals surface area contributed by atoms with Gasteiger partial charge < -0.3 is 14.3 Å². The summed E-state index contributed by atoms with van der Waals surface area (Å²) in [7, 11) is 0. The highest BCUT2D eigenvalue weighted by Gasteiger charge is 2.26. The minimum atomic E-state index is -2.24. The van der Waals surface area contributed by atoms with Crippen LogP contribution in [0.25, 0.3) is 0 Å². The molecule has 5 nitrogen and oxygen atoms in total. The number of esters is 2. The molecule has 0 saturated carbocycles. The van der Waals surface area contributed by atoms with E-state index in [9.17, 15) is 9.59 Å². The van der Waals surface area contributed by atoms with E-state index in [-0.39, 0.29) is 11.9 Å². The van der Waals surface area contributed by atoms with Crippen LogP contribution in [0.1, 0.15) is 27.7 Å². The number of allylic oxidation sites excluding steroid dienone is 1. The molecule has 3 rings (SSSR count). The maximum atomic E-state index is 12.5. The molecule has 0 aliphatic carbocycles. The summed E-state index contributed by atoms with van der Waals surface area (Å²) in [5.74, 6) is 1.26. The van der Waals surface area contributed by atoms with Gasteiger partial charge in [0.2, 0.25) is 0 Å². The van der Waals surface area contributed by atoms with Crippen molar-refractivity contribution >= 4 is 46.8 Å². The third-order valence-electron chi connectivity index (χ3n) is 4.67. The average Bonchev–Trinajstić information content (AvgIpc) is 2.90. The molecule has 0 aliphatic rings. The van der Waals surface area contributed by atoms with Crippen LogP contribution in [0.4, 0.5) is 0 Å². The predicted molar refractivity (Wildman–Crippen MR) is 151 cm³/mol. The quantitative estimate of drug-likeness (QED) is 0.202. The van der Waals surface area contributed by atoms with Crippen LogP contribution < -0.4 is 15.9 Å². The van der Waals surface area contributed by atoms with Crippen LogP contribution >= 0.6 is 6.89 Å². The van der Waals surface area contributed by atoms with Crippen LogP contribution in [0.3, 0.4) is 0 Å². The molecule has 0 aliphatic heterocycles. The van der Waals surface area contributed by atoms with Crippen molar-refractivity contribution in [2.24, 2.45) is 0 Å². The van der Waals surface area contributed by atoms with E-state index in [1.807, 2.05) is 61.5 Å². The lowest BCUT2D eigenvalue weighted by Gasteiger charge is -2.28. The monoisotopic (exact) mass is 506 g/mol. The van der Waals surface area contributed by atoms with Crippen molar-refractivity contribution in [3.63, 3.8) is 0 Å². The molecule has 36 heavy (non-hydrogen) atoms. The summed E-state index contributed by atoms with van der Waals surface area (Å²) < 4.78 is 9.85. The van der Waals surface area contributed by atoms with Crippen LogP contribution in [-0.2, 0) is 23.9 Å². The van der Waals surface area contributed by atoms with Crippen molar-refractivity contribution in [2.75, 3.05) is 13.2 Å². The zero-order valence-electron chi connectivity index (χ0n) is 21.4. The van der Waals surface area contributed by atoms with E-state index in [1.54, 1.807) is 25.7 Å². The summed E-state index contributed by atoms with van der Waals surface area (Å²) in [5.41, 5.74) is 0. The van der Waals surface area contributed by atoms with Crippen LogP contribution in [-0.4, -0.2) is 37.2 Å². The van der Waals surface area contributed by atoms with Crippen LogP contribution in [0.15, 0.2) is 103 Å². The van der Waals surface area contributed by atoms with Gasteiger partial charge in [-0.05, 0) is 50.5 Å². The Bertz CT molecular complexity index is 1020. The fourth-order valence-corrected chi connectivity index (χ4v) is 6.98. The molecular formula is C30H35O5P. The highest BCUT2D eigenvalue weighted by atomic mass is 31.2. The summed E-state index contributed by atoms with van der Waals surface area (Å²) in [6.45, 7) is 5.41. The van der Waals surface area contributed by atoms with Crippen molar-refractivity contribution in [1.29, 1.82) is 0 Å². The highest BCUT2D eigenvalue weighted by Crippen LogP contribution is 2.43. The van der Waals surface area contributed by atoms with E-state index in [0.717, 1.165) is 22.2 Å². The zero-order valence-corrected chi connectivity index (χ0v) is 22.3. The van der Waals surface area contributed by atoms with Crippen molar-refractivity contribution in [3.8, 4) is 0 Å². The molecule has 3 aromatic rings. The van der Waals surface area contributed by atoms with Gasteiger partial charge in [0, 0.05) is 11.9 Å². The molecule has 0 bridgehead atoms. The Balaban J connectivity index is 0.000000498. The van der Waals surface area contributed by atoms with Gasteiger partial charge in [-0.1, -0.05) is 97.1 Å². The topological polar surface area (TPSA) is 69.7 Å². The Kier molecular flexibility index (Phi) is 14.9. The number of ether oxygens (including phenoxy) is 2. The van der Waals surface area contributed by atoms with Crippen LogP contribution in [0.2, 0.25) is 0 Å². The van der Waals surface area contributed by atoms with Gasteiger partial charge >= 0.3 is 11.9 Å². The largest absolute Gasteiger partial charge is 0.463 e. The zero-order chi connectivity index (χ0) is 26.7. The van der Waals surface area contributed by atoms with E-state index in [4.69, 9.17) is 9.53 Å². The molecule has 0 radical (unpaired) electrons. The number of rotatable bonds is 7. The smallest absolute Gasteiger partial charge is 0.331 e. The third-order valence-corrected chi connectivity index (χ3v) is 8.60. The molecular weight excluding hydrogens is 471 g/mol. The maximum Gasteiger partial charge on any atom is 0.331 e. The third kappa shape index (κ3) is 9.52. The van der Waals surface area contributed by atoms with E-state index >= 15 is 0 Å². The summed E-state index contributed by atoms with van der Waals surface area (Å²) in [6, 6.07) is 30.7. The summed E-state index contributed by atoms with van der Waals surface area (Å²) in [4.78, 5) is 31.7. The molecule has 0 spiro atoms. The highest BCUT2D eigenvalue weighted by molar-refractivity contribution is 7.95. The fourth-order valence-electron chi connectivity index (χ4n) is 3.32. The van der Waals surface area contributed by atoms with Gasteiger partial charge in [-0.15, -0.1) is 0 Å². The van der Waals surface area contributed by atoms with Gasteiger partial charge in [-0.3, -0.25) is 0 Å². The first-order chi connectivity index (χ1) is 17.5. The predicted octanol–water partition coefficient (Wildman–Crippen LogP) is 4.68. The Labute approximate surface area is 214 Å². The normalized spacial score (nSPS) is 10.1. The lowest BCUT2D eigenvalue weighted by molar-refractivity contribution is -0.137. The molecule has 6 heteroatoms. The van der Waals surface area contributed by atoms with Crippen molar-refractivity contribution in [1.82, 2.24) is 0 Å². The van der Waals surface area contributed by atoms with E-state index in [1.165, 1.54) is 13.0 Å². The Morgan fingerprint density at radius 3 is 1.31 bits per heavy atom. The van der Waals surface area contributed by atoms with Crippen LogP contribution in [0.5, 0.6) is 0 Å². The second-order valence-corrected chi connectivity index (χ2v) is 10.4. The minimum absolute atomic E-state index is 0.269. The molecule has 0 aromatic heterocycles. The van der Waals surface area contributed by atoms with Gasteiger partial charge in [0.05, 0.1) is 13.2 Å². The van der Waals surface area contributed by atoms with Crippen LogP contribution in [0, 0.1) is 0 Å². The summed E-state index contributed by atoms with van der Waals surface area (Å²) in [5, 5.41) is 3.42. The number of carbonyl (C=O) groups is 3. The lowest BCUT2D eigenvalue weighted by Crippen LogP contribution is -2.29. The Morgan fingerprint density at radius 2 is 1.00 bits per heavy atom. The summed E-state index contributed by atoms with van der Waals surface area (Å²) in [6.07, 6.45) is 3.79. The number of carbonyl (C=O) groups excluding carboxylic acids is 3. The van der Waals surface area contributed by atoms with Gasteiger partial charge in [0.1, 0.15) is 6.29 Å². The fraction of sp³-hybridized carbons (Fsp3) is 0.200. The SMILES string of the molecule is C/C=C/C(=O)OCC.CC=O.CCOC(=O)C=P(c1ccccc1)(c1ccccc1)c1ccccc1. The van der Waals surface area contributed by atoms with Crippen molar-refractivity contribution < 1.29 is 23.9 Å². The lowest BCUT2D eigenvalue weighted by atomic mass is 10.4. The summed E-state index contributed by atoms with van der Waals surface area (Å²) >= 11 is 0. The maximum absolute atomic E-state index is 12.5. The molecule has 0 fully saturated rings. The minimum Gasteiger partial charge on any atom is -0.463 e. The first-order valence-corrected chi connectivity index (χ1v) is 13.6. The standard InChI is InChI=1S/C22H21O2P.C6H10O2.C2H4O/c1-2-24-22(23)18-25(19-12-6-3-7-13-19,20-14-8-4-9-15-20)21-16-10-5-11-17-21;1-3-5-6(7)8-4-2;1-2-3/h3-18H,2H2,1H3;3,5H,4H2,1-2H3;2H,1H3/b;5-3+;. The molecule has 190 valence electrons. The molecule has 0 saturated heterocycles. The first-order valence-electron chi connectivity index (χ1n) is 11.8. The first kappa shape index (κ1) is 30.3. The van der Waals surface area contributed by atoms with Gasteiger partial charge in [0.25, 0.3) is 0 Å². The second kappa shape index (κ2) is 17.7. The molecule has 0 heterocycles. The van der Waals surface area contributed by atoms with Crippen molar-refractivity contribution in [3.05, 3.63) is 103 Å². The molecule has 0 amide bonds. The number of aldehydes is 1. The Hall–Kier alpha value is -3.69. The van der Waals surface area contributed by atoms with E-state index in [0.29, 0.717) is 13.2 Å². The number of benzene rings is 3. The van der Waals surface area contributed by atoms with E-state index < -0.39 is 6.89 Å². The second-order valence-electron chi connectivity index (χ2n) is 7.10. The average molecular weight is 507 g/mol. The van der Waals surface area contributed by atoms with Gasteiger partial charge in [0.15, 0.2) is 0 Å². The number of hydrogen-bond donors (Lipinski definition) is 0. The molecule has 0 unspecified atom stereocenters. The molecule has 0 atom stereocenters. The number of hydrogen-bond acceptors (Lipinski definition) is 5. The molecule has 3 aromatic carbocycles. The van der Waals surface area contributed by atoms with Gasteiger partial charge in [-0.25, -0.2) is 9.59 Å².